The van der Waals surface area contributed by atoms with Crippen LogP contribution in [0.5, 0.6) is 5.75 Å². The summed E-state index contributed by atoms with van der Waals surface area (Å²) < 4.78 is 20.9. The number of ether oxygens (including phenoxy) is 1. The molecule has 0 radical (unpaired) electrons. The highest BCUT2D eigenvalue weighted by atomic mass is 19.1. The molecular formula is C28H29FN4O2. The van der Waals surface area contributed by atoms with Crippen LogP contribution >= 0.6 is 0 Å². The Morgan fingerprint density at radius 1 is 1.03 bits per heavy atom. The zero-order valence-corrected chi connectivity index (χ0v) is 19.8. The summed E-state index contributed by atoms with van der Waals surface area (Å²) in [5.74, 6) is 1.51. The molecule has 0 unspecified atom stereocenters. The molecular weight excluding hydrogens is 443 g/mol. The van der Waals surface area contributed by atoms with E-state index in [1.54, 1.807) is 7.11 Å². The van der Waals surface area contributed by atoms with Gasteiger partial charge in [0.2, 0.25) is 11.9 Å². The number of fused-ring (bicyclic) bond motifs is 1. The van der Waals surface area contributed by atoms with Crippen LogP contribution in [0.3, 0.4) is 0 Å². The van der Waals surface area contributed by atoms with Crippen LogP contribution in [0.25, 0.3) is 11.0 Å². The van der Waals surface area contributed by atoms with Crippen LogP contribution in [0, 0.1) is 11.7 Å². The molecule has 2 heterocycles. The van der Waals surface area contributed by atoms with Crippen LogP contribution in [0.4, 0.5) is 10.3 Å². The number of rotatable bonds is 7. The van der Waals surface area contributed by atoms with Crippen molar-refractivity contribution in [3.8, 4) is 5.75 Å². The Morgan fingerprint density at radius 3 is 2.57 bits per heavy atom. The van der Waals surface area contributed by atoms with Crippen molar-refractivity contribution in [1.29, 1.82) is 0 Å². The van der Waals surface area contributed by atoms with Gasteiger partial charge < -0.3 is 19.5 Å². The van der Waals surface area contributed by atoms with Gasteiger partial charge >= 0.3 is 0 Å². The van der Waals surface area contributed by atoms with Gasteiger partial charge in [-0.3, -0.25) is 4.79 Å². The summed E-state index contributed by atoms with van der Waals surface area (Å²) in [4.78, 5) is 20.0. The number of hydrogen-bond acceptors (Lipinski definition) is 4. The number of amides is 1. The molecule has 1 saturated heterocycles. The van der Waals surface area contributed by atoms with Crippen LogP contribution < -0.4 is 15.0 Å². The van der Waals surface area contributed by atoms with Crippen LogP contribution in [-0.4, -0.2) is 35.7 Å². The fourth-order valence-corrected chi connectivity index (χ4v) is 4.69. The number of hydrogen-bond donors (Lipinski definition) is 1. The van der Waals surface area contributed by atoms with Crippen molar-refractivity contribution < 1.29 is 13.9 Å². The van der Waals surface area contributed by atoms with Gasteiger partial charge in [-0.25, -0.2) is 9.37 Å². The van der Waals surface area contributed by atoms with E-state index in [1.807, 2.05) is 54.6 Å². The van der Waals surface area contributed by atoms with Gasteiger partial charge in [-0.2, -0.15) is 0 Å². The molecule has 180 valence electrons. The van der Waals surface area contributed by atoms with Gasteiger partial charge in [-0.15, -0.1) is 0 Å². The number of aromatic nitrogens is 2. The average molecular weight is 473 g/mol. The second-order valence-corrected chi connectivity index (χ2v) is 8.94. The molecule has 6 nitrogen and oxygen atoms in total. The van der Waals surface area contributed by atoms with Crippen LogP contribution in [0.2, 0.25) is 0 Å². The predicted molar refractivity (Wildman–Crippen MR) is 135 cm³/mol. The third-order valence-corrected chi connectivity index (χ3v) is 6.64. The van der Waals surface area contributed by atoms with E-state index in [1.165, 1.54) is 12.1 Å². The smallest absolute Gasteiger partial charge is 0.223 e. The minimum Gasteiger partial charge on any atom is -0.497 e. The number of para-hydroxylation sites is 2. The largest absolute Gasteiger partial charge is 0.497 e. The Labute approximate surface area is 204 Å². The highest BCUT2D eigenvalue weighted by Crippen LogP contribution is 2.28. The number of carbonyl (C=O) groups is 1. The standard InChI is InChI=1S/C28H29FN4O2/c1-35-24-6-4-5-21(17-24)18-30-27(34)22-13-15-32(16-14-22)28-31-25-7-2-3-8-26(25)33(28)19-20-9-11-23(29)12-10-20/h2-12,17,22H,13-16,18-19H2,1H3,(H,30,34). The molecule has 3 aromatic carbocycles. The first kappa shape index (κ1) is 22.9. The topological polar surface area (TPSA) is 59.4 Å². The van der Waals surface area contributed by atoms with Gasteiger partial charge in [0.1, 0.15) is 11.6 Å². The number of nitrogens with one attached hydrogen (secondary N) is 1. The van der Waals surface area contributed by atoms with E-state index in [4.69, 9.17) is 9.72 Å². The molecule has 1 amide bonds. The summed E-state index contributed by atoms with van der Waals surface area (Å²) in [5.41, 5.74) is 4.01. The molecule has 7 heteroatoms. The van der Waals surface area contributed by atoms with Crippen molar-refractivity contribution in [3.05, 3.63) is 89.7 Å². The van der Waals surface area contributed by atoms with Crippen LogP contribution in [0.15, 0.2) is 72.8 Å². The first-order chi connectivity index (χ1) is 17.1. The molecule has 1 aliphatic heterocycles. The van der Waals surface area contributed by atoms with Crippen molar-refractivity contribution in [2.24, 2.45) is 5.92 Å². The minimum absolute atomic E-state index is 0.0215. The van der Waals surface area contributed by atoms with E-state index in [0.29, 0.717) is 13.1 Å². The van der Waals surface area contributed by atoms with Crippen molar-refractivity contribution >= 4 is 22.9 Å². The number of benzene rings is 3. The van der Waals surface area contributed by atoms with Crippen molar-refractivity contribution in [3.63, 3.8) is 0 Å². The number of methoxy groups -OCH3 is 1. The van der Waals surface area contributed by atoms with E-state index in [9.17, 15) is 9.18 Å². The first-order valence-electron chi connectivity index (χ1n) is 12.0. The van der Waals surface area contributed by atoms with Gasteiger partial charge in [0.15, 0.2) is 0 Å². The molecule has 1 aromatic heterocycles. The van der Waals surface area contributed by atoms with Gasteiger partial charge in [0, 0.05) is 25.6 Å². The Hall–Kier alpha value is -3.87. The van der Waals surface area contributed by atoms with Crippen LogP contribution in [0.1, 0.15) is 24.0 Å². The highest BCUT2D eigenvalue weighted by Gasteiger charge is 2.27. The molecule has 0 bridgehead atoms. The lowest BCUT2D eigenvalue weighted by Crippen LogP contribution is -2.41. The molecule has 0 saturated carbocycles. The second-order valence-electron chi connectivity index (χ2n) is 8.94. The zero-order chi connectivity index (χ0) is 24.2. The molecule has 1 aliphatic rings. The summed E-state index contributed by atoms with van der Waals surface area (Å²) in [6.07, 6.45) is 1.54. The maximum Gasteiger partial charge on any atom is 0.223 e. The third-order valence-electron chi connectivity index (χ3n) is 6.64. The van der Waals surface area contributed by atoms with Crippen molar-refractivity contribution in [2.45, 2.75) is 25.9 Å². The van der Waals surface area contributed by atoms with Crippen molar-refractivity contribution in [2.75, 3.05) is 25.1 Å². The molecule has 1 N–H and O–H groups in total. The second kappa shape index (κ2) is 10.2. The normalized spacial score (nSPS) is 14.3. The molecule has 0 aliphatic carbocycles. The Bertz CT molecular complexity index is 1310. The monoisotopic (exact) mass is 472 g/mol. The summed E-state index contributed by atoms with van der Waals surface area (Å²) in [6, 6.07) is 22.4. The summed E-state index contributed by atoms with van der Waals surface area (Å²) in [5, 5.41) is 3.08. The quantitative estimate of drug-likeness (QED) is 0.421. The lowest BCUT2D eigenvalue weighted by atomic mass is 9.96. The number of piperidine rings is 1. The van der Waals surface area contributed by atoms with E-state index in [0.717, 1.165) is 59.8 Å². The fraction of sp³-hybridized carbons (Fsp3) is 0.286. The average Bonchev–Trinajstić information content (AvgIpc) is 3.27. The SMILES string of the molecule is COc1cccc(CNC(=O)C2CCN(c3nc4ccccc4n3Cc3ccc(F)cc3)CC2)c1. The molecule has 1 fully saturated rings. The molecule has 4 aromatic rings. The van der Waals surface area contributed by atoms with E-state index < -0.39 is 0 Å². The summed E-state index contributed by atoms with van der Waals surface area (Å²) >= 11 is 0. The summed E-state index contributed by atoms with van der Waals surface area (Å²) in [7, 11) is 1.64. The minimum atomic E-state index is -0.240. The number of imidazole rings is 1. The van der Waals surface area contributed by atoms with Crippen LogP contribution in [-0.2, 0) is 17.9 Å². The van der Waals surface area contributed by atoms with Crippen molar-refractivity contribution in [1.82, 2.24) is 14.9 Å². The van der Waals surface area contributed by atoms with Gasteiger partial charge in [-0.05, 0) is 60.4 Å². The maximum atomic E-state index is 13.4. The highest BCUT2D eigenvalue weighted by molar-refractivity contribution is 5.80. The van der Waals surface area contributed by atoms with E-state index in [-0.39, 0.29) is 17.6 Å². The van der Waals surface area contributed by atoms with E-state index >= 15 is 0 Å². The molecule has 35 heavy (non-hydrogen) atoms. The Balaban J connectivity index is 1.26. The first-order valence-corrected chi connectivity index (χ1v) is 12.0. The summed E-state index contributed by atoms with van der Waals surface area (Å²) in [6.45, 7) is 2.61. The molecule has 0 atom stereocenters. The third kappa shape index (κ3) is 5.14. The maximum absolute atomic E-state index is 13.4. The zero-order valence-electron chi connectivity index (χ0n) is 19.8. The lowest BCUT2D eigenvalue weighted by Gasteiger charge is -2.32. The number of carbonyl (C=O) groups excluding carboxylic acids is 1. The van der Waals surface area contributed by atoms with Gasteiger partial charge in [0.05, 0.1) is 24.7 Å². The number of halogens is 1. The molecule has 0 spiro atoms. The Morgan fingerprint density at radius 2 is 1.80 bits per heavy atom. The lowest BCUT2D eigenvalue weighted by molar-refractivity contribution is -0.125. The molecule has 5 rings (SSSR count). The van der Waals surface area contributed by atoms with Gasteiger partial charge in [0.25, 0.3) is 0 Å². The van der Waals surface area contributed by atoms with E-state index in [2.05, 4.69) is 20.9 Å². The fourth-order valence-electron chi connectivity index (χ4n) is 4.69. The van der Waals surface area contributed by atoms with Gasteiger partial charge in [-0.1, -0.05) is 36.4 Å². The number of anilines is 1. The predicted octanol–water partition coefficient (Wildman–Crippen LogP) is 4.77. The number of nitrogens with zero attached hydrogens (tertiary/aromatic N) is 3. The Kier molecular flexibility index (Phi) is 6.66.